The summed E-state index contributed by atoms with van der Waals surface area (Å²) < 4.78 is 40.4. The highest BCUT2D eigenvalue weighted by atomic mass is 32.2. The summed E-state index contributed by atoms with van der Waals surface area (Å²) in [6.45, 7) is 6.51. The number of rotatable bonds is 5. The molecular weight excluding hydrogens is 357 g/mol. The number of piperidine rings is 1. The van der Waals surface area contributed by atoms with Crippen molar-refractivity contribution in [3.05, 3.63) is 30.1 Å². The second-order valence-electron chi connectivity index (χ2n) is 7.64. The molecule has 0 aliphatic carbocycles. The van der Waals surface area contributed by atoms with Gasteiger partial charge in [-0.3, -0.25) is 0 Å². The maximum absolute atomic E-state index is 13.1. The van der Waals surface area contributed by atoms with Crippen molar-refractivity contribution in [3.8, 4) is 0 Å². The summed E-state index contributed by atoms with van der Waals surface area (Å²) in [5, 5.41) is 5.60. The lowest BCUT2D eigenvalue weighted by atomic mass is 10.0. The maximum Gasteiger partial charge on any atom is 0.315 e. The van der Waals surface area contributed by atoms with E-state index in [0.29, 0.717) is 19.5 Å². The van der Waals surface area contributed by atoms with Crippen molar-refractivity contribution in [1.82, 2.24) is 14.9 Å². The van der Waals surface area contributed by atoms with Crippen LogP contribution in [0, 0.1) is 5.82 Å². The Bertz CT molecular complexity index is 714. The largest absolute Gasteiger partial charge is 0.338 e. The van der Waals surface area contributed by atoms with E-state index in [-0.39, 0.29) is 22.5 Å². The second-order valence-corrected chi connectivity index (χ2v) is 9.53. The van der Waals surface area contributed by atoms with Crippen LogP contribution in [-0.2, 0) is 10.0 Å². The topological polar surface area (TPSA) is 78.5 Å². The van der Waals surface area contributed by atoms with Gasteiger partial charge in [0.25, 0.3) is 0 Å². The smallest absolute Gasteiger partial charge is 0.315 e. The van der Waals surface area contributed by atoms with Crippen molar-refractivity contribution < 1.29 is 17.6 Å². The Hall–Kier alpha value is -1.67. The molecule has 0 unspecified atom stereocenters. The molecular formula is C18H28FN3O3S. The lowest BCUT2D eigenvalue weighted by Crippen LogP contribution is -2.48. The number of amides is 2. The average molecular weight is 386 g/mol. The van der Waals surface area contributed by atoms with Gasteiger partial charge in [0.15, 0.2) is 0 Å². The summed E-state index contributed by atoms with van der Waals surface area (Å²) in [5.41, 5.74) is -0.327. The van der Waals surface area contributed by atoms with Crippen molar-refractivity contribution in [3.63, 3.8) is 0 Å². The molecule has 1 saturated heterocycles. The SMILES string of the molecule is CC(C)(C)NC(=O)NCC[C@H]1CCCCN1S(=O)(=O)c1ccc(F)cc1. The summed E-state index contributed by atoms with van der Waals surface area (Å²) in [4.78, 5) is 11.9. The number of urea groups is 1. The predicted octanol–water partition coefficient (Wildman–Crippen LogP) is 2.86. The first-order chi connectivity index (χ1) is 12.1. The average Bonchev–Trinajstić information content (AvgIpc) is 2.54. The molecule has 2 amide bonds. The minimum Gasteiger partial charge on any atom is -0.338 e. The number of hydrogen-bond donors (Lipinski definition) is 2. The van der Waals surface area contributed by atoms with Gasteiger partial charge in [0.2, 0.25) is 10.0 Å². The third kappa shape index (κ3) is 5.67. The fourth-order valence-corrected chi connectivity index (χ4v) is 4.78. The Balaban J connectivity index is 2.01. The standard InChI is InChI=1S/C18H28FN3O3S/c1-18(2,3)21-17(23)20-12-11-15-6-4-5-13-22(15)26(24,25)16-9-7-14(19)8-10-16/h7-10,15H,4-6,11-13H2,1-3H3,(H2,20,21,23)/t15-/m1/s1. The number of hydrogen-bond acceptors (Lipinski definition) is 3. The molecule has 0 aromatic heterocycles. The highest BCUT2D eigenvalue weighted by molar-refractivity contribution is 7.89. The first kappa shape index (κ1) is 20.6. The number of nitrogens with zero attached hydrogens (tertiary/aromatic N) is 1. The number of carbonyl (C=O) groups is 1. The number of benzene rings is 1. The van der Waals surface area contributed by atoms with Crippen LogP contribution in [0.1, 0.15) is 46.5 Å². The summed E-state index contributed by atoms with van der Waals surface area (Å²) >= 11 is 0. The Morgan fingerprint density at radius 1 is 1.23 bits per heavy atom. The molecule has 1 fully saturated rings. The number of nitrogens with one attached hydrogen (secondary N) is 2. The second kappa shape index (κ2) is 8.35. The predicted molar refractivity (Wildman–Crippen MR) is 98.8 cm³/mol. The molecule has 26 heavy (non-hydrogen) atoms. The van der Waals surface area contributed by atoms with Crippen molar-refractivity contribution in [2.75, 3.05) is 13.1 Å². The van der Waals surface area contributed by atoms with E-state index < -0.39 is 15.8 Å². The van der Waals surface area contributed by atoms with Crippen molar-refractivity contribution >= 4 is 16.1 Å². The molecule has 1 heterocycles. The van der Waals surface area contributed by atoms with Gasteiger partial charge in [0.1, 0.15) is 5.82 Å². The lowest BCUT2D eigenvalue weighted by molar-refractivity contribution is 0.223. The van der Waals surface area contributed by atoms with E-state index in [1.54, 1.807) is 0 Å². The minimum atomic E-state index is -3.67. The van der Waals surface area contributed by atoms with Crippen molar-refractivity contribution in [1.29, 1.82) is 0 Å². The molecule has 1 aromatic carbocycles. The maximum atomic E-state index is 13.1. The summed E-state index contributed by atoms with van der Waals surface area (Å²) in [6.07, 6.45) is 3.05. The van der Waals surface area contributed by atoms with Gasteiger partial charge in [0, 0.05) is 24.7 Å². The Labute approximate surface area is 155 Å². The van der Waals surface area contributed by atoms with Crippen LogP contribution in [0.25, 0.3) is 0 Å². The van der Waals surface area contributed by atoms with Crippen LogP contribution in [0.3, 0.4) is 0 Å². The molecule has 0 radical (unpaired) electrons. The zero-order valence-electron chi connectivity index (χ0n) is 15.6. The molecule has 6 nitrogen and oxygen atoms in total. The third-order valence-electron chi connectivity index (χ3n) is 4.24. The normalized spacial score (nSPS) is 19.2. The van der Waals surface area contributed by atoms with Crippen LogP contribution in [0.15, 0.2) is 29.2 Å². The van der Waals surface area contributed by atoms with E-state index in [9.17, 15) is 17.6 Å². The van der Waals surface area contributed by atoms with Crippen LogP contribution in [0.2, 0.25) is 0 Å². The summed E-state index contributed by atoms with van der Waals surface area (Å²) in [5.74, 6) is -0.465. The molecule has 1 atom stereocenters. The number of carbonyl (C=O) groups excluding carboxylic acids is 1. The highest BCUT2D eigenvalue weighted by Crippen LogP contribution is 2.27. The van der Waals surface area contributed by atoms with E-state index in [1.165, 1.54) is 16.4 Å². The van der Waals surface area contributed by atoms with Crippen molar-refractivity contribution in [2.24, 2.45) is 0 Å². The molecule has 1 aromatic rings. The first-order valence-electron chi connectivity index (χ1n) is 8.93. The quantitative estimate of drug-likeness (QED) is 0.818. The van der Waals surface area contributed by atoms with Crippen LogP contribution in [0.5, 0.6) is 0 Å². The van der Waals surface area contributed by atoms with E-state index >= 15 is 0 Å². The van der Waals surface area contributed by atoms with Gasteiger partial charge in [-0.15, -0.1) is 0 Å². The van der Waals surface area contributed by atoms with Gasteiger partial charge >= 0.3 is 6.03 Å². The van der Waals surface area contributed by atoms with Gasteiger partial charge in [-0.1, -0.05) is 6.42 Å². The molecule has 0 spiro atoms. The van der Waals surface area contributed by atoms with Gasteiger partial charge < -0.3 is 10.6 Å². The highest BCUT2D eigenvalue weighted by Gasteiger charge is 2.33. The van der Waals surface area contributed by atoms with E-state index in [0.717, 1.165) is 31.4 Å². The van der Waals surface area contributed by atoms with Gasteiger partial charge in [-0.25, -0.2) is 17.6 Å². The molecule has 0 bridgehead atoms. The van der Waals surface area contributed by atoms with E-state index in [2.05, 4.69) is 10.6 Å². The van der Waals surface area contributed by atoms with Crippen LogP contribution in [-0.4, -0.2) is 43.4 Å². The molecule has 2 rings (SSSR count). The summed E-state index contributed by atoms with van der Waals surface area (Å²) in [7, 11) is -3.67. The van der Waals surface area contributed by atoms with Gasteiger partial charge in [-0.05, 0) is 64.3 Å². The van der Waals surface area contributed by atoms with Gasteiger partial charge in [-0.2, -0.15) is 4.31 Å². The Morgan fingerprint density at radius 2 is 1.88 bits per heavy atom. The molecule has 1 aliphatic rings. The molecule has 146 valence electrons. The zero-order valence-corrected chi connectivity index (χ0v) is 16.4. The molecule has 8 heteroatoms. The zero-order chi connectivity index (χ0) is 19.4. The van der Waals surface area contributed by atoms with E-state index in [1.807, 2.05) is 20.8 Å². The first-order valence-corrected chi connectivity index (χ1v) is 10.4. The Kier molecular flexibility index (Phi) is 6.63. The fraction of sp³-hybridized carbons (Fsp3) is 0.611. The molecule has 1 aliphatic heterocycles. The van der Waals surface area contributed by atoms with Crippen LogP contribution >= 0.6 is 0 Å². The van der Waals surface area contributed by atoms with E-state index in [4.69, 9.17) is 0 Å². The number of sulfonamides is 1. The Morgan fingerprint density at radius 3 is 2.50 bits per heavy atom. The fourth-order valence-electron chi connectivity index (χ4n) is 3.06. The van der Waals surface area contributed by atoms with Crippen LogP contribution in [0.4, 0.5) is 9.18 Å². The minimum absolute atomic E-state index is 0.101. The van der Waals surface area contributed by atoms with Gasteiger partial charge in [0.05, 0.1) is 4.90 Å². The lowest BCUT2D eigenvalue weighted by Gasteiger charge is -2.35. The molecule has 2 N–H and O–H groups in total. The van der Waals surface area contributed by atoms with Crippen LogP contribution < -0.4 is 10.6 Å². The van der Waals surface area contributed by atoms with Crippen molar-refractivity contribution in [2.45, 2.75) is 62.9 Å². The summed E-state index contributed by atoms with van der Waals surface area (Å²) in [6, 6.07) is 4.47. The monoisotopic (exact) mass is 385 g/mol. The number of halogens is 1. The molecule has 0 saturated carbocycles. The third-order valence-corrected chi connectivity index (χ3v) is 6.21.